The lowest BCUT2D eigenvalue weighted by Crippen LogP contribution is -2.48. The summed E-state index contributed by atoms with van der Waals surface area (Å²) in [6.07, 6.45) is 0. The van der Waals surface area contributed by atoms with Gasteiger partial charge in [0, 0.05) is 37.6 Å². The van der Waals surface area contributed by atoms with Crippen LogP contribution in [0.1, 0.15) is 16.2 Å². The number of hydrogen-bond acceptors (Lipinski definition) is 8. The molecule has 0 saturated carbocycles. The number of amides is 2. The van der Waals surface area contributed by atoms with Gasteiger partial charge in [-0.1, -0.05) is 53.7 Å². The van der Waals surface area contributed by atoms with E-state index in [0.717, 1.165) is 17.4 Å². The summed E-state index contributed by atoms with van der Waals surface area (Å²) in [5.41, 5.74) is 2.25. The Kier molecular flexibility index (Phi) is 8.65. The molecule has 0 aliphatic carbocycles. The number of hydrogen-bond donors (Lipinski definition) is 1. The average molecular weight is 564 g/mol. The molecule has 11 heteroatoms. The minimum Gasteiger partial charge on any atom is -0.484 e. The zero-order chi connectivity index (χ0) is 27.0. The largest absolute Gasteiger partial charge is 0.484 e. The van der Waals surface area contributed by atoms with E-state index in [0.29, 0.717) is 59.3 Å². The number of nitrogens with one attached hydrogen (secondary N) is 1. The molecule has 1 fully saturated rings. The van der Waals surface area contributed by atoms with Crippen LogP contribution >= 0.6 is 23.4 Å². The van der Waals surface area contributed by atoms with E-state index in [-0.39, 0.29) is 24.2 Å². The van der Waals surface area contributed by atoms with E-state index in [9.17, 15) is 9.59 Å². The lowest BCUT2D eigenvalue weighted by atomic mass is 10.1. The number of benzene rings is 3. The van der Waals surface area contributed by atoms with E-state index < -0.39 is 0 Å². The second-order valence-electron chi connectivity index (χ2n) is 8.71. The van der Waals surface area contributed by atoms with E-state index in [1.54, 1.807) is 12.1 Å². The third-order valence-electron chi connectivity index (χ3n) is 6.07. The summed E-state index contributed by atoms with van der Waals surface area (Å²) in [7, 11) is 0. The Labute approximate surface area is 235 Å². The third-order valence-corrected chi connectivity index (χ3v) is 7.22. The molecule has 200 valence electrons. The molecule has 0 bridgehead atoms. The Morgan fingerprint density at radius 1 is 0.923 bits per heavy atom. The van der Waals surface area contributed by atoms with Gasteiger partial charge in [0.1, 0.15) is 5.75 Å². The second-order valence-corrected chi connectivity index (χ2v) is 10.0. The quantitative estimate of drug-likeness (QED) is 0.284. The number of rotatable bonds is 9. The molecule has 3 aromatic carbocycles. The Bertz CT molecular complexity index is 1410. The molecule has 0 unspecified atom stereocenters. The van der Waals surface area contributed by atoms with E-state index in [4.69, 9.17) is 20.8 Å². The van der Waals surface area contributed by atoms with Crippen LogP contribution < -0.4 is 15.0 Å². The molecule has 0 atom stereocenters. The number of nitrogens with zero attached hydrogens (tertiary/aromatic N) is 4. The number of halogens is 1. The molecule has 2 heterocycles. The van der Waals surface area contributed by atoms with Crippen LogP contribution in [0.3, 0.4) is 0 Å². The third kappa shape index (κ3) is 7.10. The number of ether oxygens (including phenoxy) is 1. The Hall–Kier alpha value is -4.02. The highest BCUT2D eigenvalue weighted by molar-refractivity contribution is 7.99. The number of thioether (sulfide) groups is 1. The minimum atomic E-state index is -0.181. The Morgan fingerprint density at radius 2 is 1.64 bits per heavy atom. The normalized spacial score (nSPS) is 13.3. The number of carbonyl (C=O) groups is 2. The van der Waals surface area contributed by atoms with Crippen LogP contribution in [0.15, 0.2) is 88.5 Å². The van der Waals surface area contributed by atoms with E-state index in [2.05, 4.69) is 20.4 Å². The highest BCUT2D eigenvalue weighted by Crippen LogP contribution is 2.23. The maximum Gasteiger partial charge on any atom is 0.277 e. The summed E-state index contributed by atoms with van der Waals surface area (Å²) in [6, 6.07) is 24.1. The fraction of sp³-hybridized carbons (Fsp3) is 0.214. The molecule has 2 amide bonds. The summed E-state index contributed by atoms with van der Waals surface area (Å²) in [5.74, 6) is 0.949. The molecule has 4 aromatic rings. The van der Waals surface area contributed by atoms with Gasteiger partial charge in [-0.15, -0.1) is 10.2 Å². The van der Waals surface area contributed by atoms with Gasteiger partial charge in [-0.05, 0) is 48.5 Å². The van der Waals surface area contributed by atoms with Crippen molar-refractivity contribution in [3.63, 3.8) is 0 Å². The van der Waals surface area contributed by atoms with Crippen molar-refractivity contribution >= 4 is 46.6 Å². The zero-order valence-corrected chi connectivity index (χ0v) is 22.5. The first-order valence-electron chi connectivity index (χ1n) is 12.4. The summed E-state index contributed by atoms with van der Waals surface area (Å²) in [5, 5.41) is 11.6. The molecule has 0 spiro atoms. The van der Waals surface area contributed by atoms with Crippen LogP contribution in [-0.4, -0.2) is 58.8 Å². The van der Waals surface area contributed by atoms with Crippen LogP contribution in [0.5, 0.6) is 5.75 Å². The van der Waals surface area contributed by atoms with Crippen molar-refractivity contribution in [1.82, 2.24) is 15.1 Å². The predicted octanol–water partition coefficient (Wildman–Crippen LogP) is 5.00. The van der Waals surface area contributed by atoms with Crippen LogP contribution in [0.25, 0.3) is 0 Å². The van der Waals surface area contributed by atoms with Crippen molar-refractivity contribution in [2.24, 2.45) is 0 Å². The van der Waals surface area contributed by atoms with Gasteiger partial charge in [0.05, 0.1) is 16.3 Å². The van der Waals surface area contributed by atoms with Gasteiger partial charge in [0.25, 0.3) is 17.0 Å². The van der Waals surface area contributed by atoms with Crippen LogP contribution in [0, 0.1) is 0 Å². The molecule has 5 rings (SSSR count). The molecule has 1 aliphatic rings. The van der Waals surface area contributed by atoms with Gasteiger partial charge in [0.15, 0.2) is 6.61 Å². The van der Waals surface area contributed by atoms with Crippen LogP contribution in [0.2, 0.25) is 5.02 Å². The Balaban J connectivity index is 1.05. The summed E-state index contributed by atoms with van der Waals surface area (Å²) >= 11 is 7.35. The Morgan fingerprint density at radius 3 is 2.38 bits per heavy atom. The fourth-order valence-electron chi connectivity index (χ4n) is 4.07. The molecule has 39 heavy (non-hydrogen) atoms. The van der Waals surface area contributed by atoms with Gasteiger partial charge < -0.3 is 24.3 Å². The van der Waals surface area contributed by atoms with Crippen molar-refractivity contribution in [3.8, 4) is 5.75 Å². The van der Waals surface area contributed by atoms with Crippen molar-refractivity contribution in [3.05, 3.63) is 95.3 Å². The van der Waals surface area contributed by atoms with E-state index in [1.165, 1.54) is 0 Å². The number of piperazine rings is 1. The molecular formula is C28H26ClN5O4S. The second kappa shape index (κ2) is 12.7. The maximum absolute atomic E-state index is 12.8. The lowest BCUT2D eigenvalue weighted by Gasteiger charge is -2.36. The van der Waals surface area contributed by atoms with Crippen LogP contribution in [0.4, 0.5) is 11.4 Å². The smallest absolute Gasteiger partial charge is 0.277 e. The molecule has 1 saturated heterocycles. The zero-order valence-electron chi connectivity index (χ0n) is 21.0. The van der Waals surface area contributed by atoms with Crippen molar-refractivity contribution in [2.45, 2.75) is 11.8 Å². The SMILES string of the molecule is O=C(CSc1nnc(COc2ccccc2)o1)Nc1ccc(N2CCN(C(=O)c3ccccc3Cl)CC2)cc1. The average Bonchev–Trinajstić information content (AvgIpc) is 3.44. The summed E-state index contributed by atoms with van der Waals surface area (Å²) < 4.78 is 11.1. The molecular weight excluding hydrogens is 538 g/mol. The number of aromatic nitrogens is 2. The monoisotopic (exact) mass is 563 g/mol. The molecule has 9 nitrogen and oxygen atoms in total. The number of para-hydroxylation sites is 1. The minimum absolute atomic E-state index is 0.0477. The highest BCUT2D eigenvalue weighted by Gasteiger charge is 2.23. The van der Waals surface area contributed by atoms with Crippen molar-refractivity contribution in [1.29, 1.82) is 0 Å². The fourth-order valence-corrected chi connectivity index (χ4v) is 4.87. The number of anilines is 2. The van der Waals surface area contributed by atoms with Gasteiger partial charge in [-0.2, -0.15) is 0 Å². The molecule has 0 radical (unpaired) electrons. The summed E-state index contributed by atoms with van der Waals surface area (Å²) in [6.45, 7) is 2.79. The van der Waals surface area contributed by atoms with Gasteiger partial charge in [0.2, 0.25) is 5.91 Å². The molecule has 1 N–H and O–H groups in total. The highest BCUT2D eigenvalue weighted by atomic mass is 35.5. The van der Waals surface area contributed by atoms with Crippen LogP contribution in [-0.2, 0) is 11.4 Å². The topological polar surface area (TPSA) is 101 Å². The van der Waals surface area contributed by atoms with Crippen molar-refractivity contribution in [2.75, 3.05) is 42.1 Å². The first-order valence-corrected chi connectivity index (χ1v) is 13.7. The lowest BCUT2D eigenvalue weighted by molar-refractivity contribution is -0.113. The van der Waals surface area contributed by atoms with Gasteiger partial charge >= 0.3 is 0 Å². The first-order chi connectivity index (χ1) is 19.0. The van der Waals surface area contributed by atoms with E-state index in [1.807, 2.05) is 71.6 Å². The molecule has 1 aromatic heterocycles. The standard InChI is InChI=1S/C28H26ClN5O4S/c29-24-9-5-4-8-23(24)27(36)34-16-14-33(15-17-34)21-12-10-20(11-13-21)30-25(35)19-39-28-32-31-26(38-28)18-37-22-6-2-1-3-7-22/h1-13H,14-19H2,(H,30,35). The number of carbonyl (C=O) groups excluding carboxylic acids is 2. The predicted molar refractivity (Wildman–Crippen MR) is 150 cm³/mol. The van der Waals surface area contributed by atoms with Gasteiger partial charge in [-0.3, -0.25) is 9.59 Å². The molecule has 1 aliphatic heterocycles. The first kappa shape index (κ1) is 26.6. The maximum atomic E-state index is 12.8. The van der Waals surface area contributed by atoms with E-state index >= 15 is 0 Å². The summed E-state index contributed by atoms with van der Waals surface area (Å²) in [4.78, 5) is 29.3. The van der Waals surface area contributed by atoms with Crippen molar-refractivity contribution < 1.29 is 18.7 Å². The van der Waals surface area contributed by atoms with Gasteiger partial charge in [-0.25, -0.2) is 0 Å².